The lowest BCUT2D eigenvalue weighted by molar-refractivity contribution is 0.0489. The number of allylic oxidation sites excluding steroid dienone is 2. The van der Waals surface area contributed by atoms with E-state index in [0.29, 0.717) is 28.5 Å². The first-order valence-electron chi connectivity index (χ1n) is 9.43. The third-order valence-electron chi connectivity index (χ3n) is 3.47. The molecule has 9 heteroatoms. The molecule has 30 heavy (non-hydrogen) atoms. The minimum absolute atomic E-state index is 0.175. The molecule has 166 valence electrons. The van der Waals surface area contributed by atoms with Crippen molar-refractivity contribution in [1.29, 1.82) is 0 Å². The van der Waals surface area contributed by atoms with Gasteiger partial charge in [-0.1, -0.05) is 5.57 Å². The summed E-state index contributed by atoms with van der Waals surface area (Å²) in [6.07, 6.45) is -0.503. The maximum Gasteiger partial charge on any atom is 0.407 e. The number of hydrogen-bond donors (Lipinski definition) is 2. The highest BCUT2D eigenvalue weighted by atomic mass is 32.1. The van der Waals surface area contributed by atoms with E-state index in [1.807, 2.05) is 13.8 Å². The Labute approximate surface area is 182 Å². The quantitative estimate of drug-likeness (QED) is 0.245. The Hall–Kier alpha value is -2.39. The van der Waals surface area contributed by atoms with Crippen molar-refractivity contribution in [3.8, 4) is 5.75 Å². The van der Waals surface area contributed by atoms with Crippen LogP contribution in [-0.4, -0.2) is 50.5 Å². The molecule has 0 heterocycles. The van der Waals surface area contributed by atoms with E-state index < -0.39 is 17.5 Å². The second kappa shape index (κ2) is 12.3. The number of carbonyl (C=O) groups excluding carboxylic acids is 1. The van der Waals surface area contributed by atoms with Gasteiger partial charge < -0.3 is 19.5 Å². The summed E-state index contributed by atoms with van der Waals surface area (Å²) in [6, 6.07) is 4.13. The van der Waals surface area contributed by atoms with Gasteiger partial charge in [-0.15, -0.1) is 17.7 Å². The van der Waals surface area contributed by atoms with Crippen molar-refractivity contribution in [2.75, 3.05) is 26.4 Å². The summed E-state index contributed by atoms with van der Waals surface area (Å²) in [5.41, 5.74) is 1.34. The topological polar surface area (TPSA) is 81.5 Å². The zero-order valence-electron chi connectivity index (χ0n) is 18.1. The molecule has 0 aliphatic rings. The summed E-state index contributed by atoms with van der Waals surface area (Å²) in [7, 11) is 0. The van der Waals surface area contributed by atoms with E-state index in [9.17, 15) is 9.18 Å². The van der Waals surface area contributed by atoms with Gasteiger partial charge in [0.1, 0.15) is 29.5 Å². The number of rotatable bonds is 10. The molecule has 1 aromatic carbocycles. The van der Waals surface area contributed by atoms with Crippen LogP contribution in [0.5, 0.6) is 5.75 Å². The fraction of sp³-hybridized carbons (Fsp3) is 0.476. The number of hydrogen-bond acceptors (Lipinski definition) is 7. The zero-order chi connectivity index (χ0) is 22.7. The molecule has 0 saturated heterocycles. The Morgan fingerprint density at radius 3 is 2.53 bits per heavy atom. The third-order valence-corrected chi connectivity index (χ3v) is 4.13. The smallest absolute Gasteiger partial charge is 0.407 e. The fourth-order valence-electron chi connectivity index (χ4n) is 2.20. The molecule has 0 aliphatic carbocycles. The molecular weight excluding hydrogens is 409 g/mol. The number of alkyl carbamates (subject to hydrolysis) is 1. The van der Waals surface area contributed by atoms with Gasteiger partial charge in [0.05, 0.1) is 13.2 Å². The van der Waals surface area contributed by atoms with Gasteiger partial charge in [0, 0.05) is 29.8 Å². The summed E-state index contributed by atoms with van der Waals surface area (Å²) in [4.78, 5) is 12.1. The number of thiol groups is 1. The molecule has 0 fully saturated rings. The lowest BCUT2D eigenvalue weighted by Crippen LogP contribution is -2.34. The summed E-state index contributed by atoms with van der Waals surface area (Å²) >= 11 is 4.47. The normalized spacial score (nSPS) is 11.6. The van der Waals surface area contributed by atoms with Crippen molar-refractivity contribution in [3.63, 3.8) is 0 Å². The number of amides is 1. The zero-order valence-corrected chi connectivity index (χ0v) is 19.0. The van der Waals surface area contributed by atoms with Crippen LogP contribution in [0.1, 0.15) is 40.2 Å². The number of benzene rings is 1. The van der Waals surface area contributed by atoms with E-state index >= 15 is 0 Å². The first-order chi connectivity index (χ1) is 14.0. The molecule has 0 saturated carbocycles. The molecule has 0 aliphatic heterocycles. The molecule has 0 radical (unpaired) electrons. The van der Waals surface area contributed by atoms with Crippen LogP contribution in [0.25, 0.3) is 0 Å². The first-order valence-corrected chi connectivity index (χ1v) is 9.87. The van der Waals surface area contributed by atoms with Gasteiger partial charge in [0.15, 0.2) is 0 Å². The van der Waals surface area contributed by atoms with Crippen LogP contribution in [0.2, 0.25) is 0 Å². The third kappa shape index (κ3) is 9.41. The van der Waals surface area contributed by atoms with Crippen molar-refractivity contribution in [2.24, 2.45) is 10.2 Å². The molecule has 0 atom stereocenters. The Bertz CT molecular complexity index is 800. The highest BCUT2D eigenvalue weighted by Gasteiger charge is 2.16. The van der Waals surface area contributed by atoms with Crippen LogP contribution in [0.15, 0.2) is 38.9 Å². The number of ether oxygens (including phenoxy) is 3. The molecule has 1 N–H and O–H groups in total. The van der Waals surface area contributed by atoms with Gasteiger partial charge in [-0.25, -0.2) is 9.18 Å². The van der Waals surface area contributed by atoms with Gasteiger partial charge in [-0.3, -0.25) is 0 Å². The van der Waals surface area contributed by atoms with E-state index in [4.69, 9.17) is 14.2 Å². The Balaban J connectivity index is 2.61. The van der Waals surface area contributed by atoms with Crippen LogP contribution in [-0.2, 0) is 9.47 Å². The number of nitrogens with zero attached hydrogens (tertiary/aromatic N) is 2. The fourth-order valence-corrected chi connectivity index (χ4v) is 2.36. The van der Waals surface area contributed by atoms with Crippen molar-refractivity contribution < 1.29 is 23.4 Å². The lowest BCUT2D eigenvalue weighted by Gasteiger charge is -2.19. The minimum Gasteiger partial charge on any atom is -0.490 e. The average Bonchev–Trinajstić information content (AvgIpc) is 2.63. The Morgan fingerprint density at radius 1 is 1.23 bits per heavy atom. The minimum atomic E-state index is -0.552. The number of nitrogens with one attached hydrogen (secondary N) is 1. The van der Waals surface area contributed by atoms with Crippen LogP contribution >= 0.6 is 12.6 Å². The average molecular weight is 440 g/mol. The van der Waals surface area contributed by atoms with Crippen molar-refractivity contribution in [1.82, 2.24) is 5.32 Å². The van der Waals surface area contributed by atoms with Crippen LogP contribution in [0.4, 0.5) is 9.18 Å². The molecule has 0 aromatic heterocycles. The predicted octanol–water partition coefficient (Wildman–Crippen LogP) is 4.37. The van der Waals surface area contributed by atoms with E-state index in [1.54, 1.807) is 26.8 Å². The SMILES string of the molecule is C=N/N=C(\C(S)=C(C)C)c1ccc(F)cc1OCCOCCNC(=O)OC(C)(C)C. The molecular formula is C21H30FN3O4S. The molecule has 0 bridgehead atoms. The first kappa shape index (κ1) is 25.6. The largest absolute Gasteiger partial charge is 0.490 e. The molecule has 1 aromatic rings. The van der Waals surface area contributed by atoms with E-state index in [2.05, 4.69) is 34.9 Å². The molecule has 0 unspecified atom stereocenters. The van der Waals surface area contributed by atoms with Crippen molar-refractivity contribution in [2.45, 2.75) is 40.2 Å². The van der Waals surface area contributed by atoms with Crippen LogP contribution in [0, 0.1) is 5.82 Å². The predicted molar refractivity (Wildman–Crippen MR) is 120 cm³/mol. The summed E-state index contributed by atoms with van der Waals surface area (Å²) in [5.74, 6) is -0.152. The van der Waals surface area contributed by atoms with Gasteiger partial charge in [-0.2, -0.15) is 5.10 Å². The van der Waals surface area contributed by atoms with Crippen molar-refractivity contribution >= 4 is 31.2 Å². The van der Waals surface area contributed by atoms with Gasteiger partial charge in [0.25, 0.3) is 0 Å². The van der Waals surface area contributed by atoms with Gasteiger partial charge in [0.2, 0.25) is 0 Å². The second-order valence-corrected chi connectivity index (χ2v) is 7.92. The van der Waals surface area contributed by atoms with Gasteiger partial charge >= 0.3 is 6.09 Å². The lowest BCUT2D eigenvalue weighted by atomic mass is 10.1. The standard InChI is InChI=1S/C21H30FN3O4S/c1-14(2)19(30)18(25-23-6)16-8-7-15(22)13-17(16)28-12-11-27-10-9-24-20(26)29-21(3,4)5/h7-8,13,30H,6,9-12H2,1-5H3,(H,24,26)/b25-18-. The number of carbonyl (C=O) groups is 1. The van der Waals surface area contributed by atoms with Crippen LogP contribution in [0.3, 0.4) is 0 Å². The maximum atomic E-state index is 13.8. The Kier molecular flexibility index (Phi) is 10.5. The molecule has 0 spiro atoms. The summed E-state index contributed by atoms with van der Waals surface area (Å²) in [6.45, 7) is 13.5. The molecule has 1 rings (SSSR count). The van der Waals surface area contributed by atoms with Crippen LogP contribution < -0.4 is 10.1 Å². The van der Waals surface area contributed by atoms with E-state index in [0.717, 1.165) is 5.57 Å². The van der Waals surface area contributed by atoms with Crippen molar-refractivity contribution in [3.05, 3.63) is 40.1 Å². The molecule has 1 amide bonds. The molecule has 7 nitrogen and oxygen atoms in total. The summed E-state index contributed by atoms with van der Waals surface area (Å²) in [5, 5.41) is 10.2. The second-order valence-electron chi connectivity index (χ2n) is 7.47. The Morgan fingerprint density at radius 2 is 1.93 bits per heavy atom. The van der Waals surface area contributed by atoms with E-state index in [-0.39, 0.29) is 19.8 Å². The maximum absolute atomic E-state index is 13.8. The highest BCUT2D eigenvalue weighted by molar-refractivity contribution is 7.85. The van der Waals surface area contributed by atoms with Gasteiger partial charge in [-0.05, 0) is 46.8 Å². The summed E-state index contributed by atoms with van der Waals surface area (Å²) < 4.78 is 30.0. The van der Waals surface area contributed by atoms with E-state index in [1.165, 1.54) is 12.1 Å². The number of halogens is 1. The highest BCUT2D eigenvalue weighted by Crippen LogP contribution is 2.26. The monoisotopic (exact) mass is 439 g/mol.